The van der Waals surface area contributed by atoms with E-state index in [1.165, 1.54) is 11.1 Å². The Hall–Kier alpha value is -4.84. The molecular weight excluding hydrogens is 514 g/mol. The molecule has 0 radical (unpaired) electrons. The molecule has 0 bridgehead atoms. The molecule has 2 N–H and O–H groups in total. The SMILES string of the molecule is CCC(C)C(c1ccc(-c2ccc(NC(=O)CC(=O)O)c(OCc3ccccc3)c2)cc1)c1coc2ccccc12. The number of carbonyl (C=O) groups is 2. The molecule has 41 heavy (non-hydrogen) atoms. The zero-order valence-electron chi connectivity index (χ0n) is 23.2. The number of carbonyl (C=O) groups excluding carboxylic acids is 1. The quantitative estimate of drug-likeness (QED) is 0.163. The zero-order chi connectivity index (χ0) is 28.8. The summed E-state index contributed by atoms with van der Waals surface area (Å²) in [5.41, 5.74) is 6.63. The molecule has 1 heterocycles. The molecule has 6 heteroatoms. The Morgan fingerprint density at radius 3 is 2.34 bits per heavy atom. The molecule has 0 saturated carbocycles. The van der Waals surface area contributed by atoms with Gasteiger partial charge in [-0.05, 0) is 46.4 Å². The smallest absolute Gasteiger partial charge is 0.312 e. The summed E-state index contributed by atoms with van der Waals surface area (Å²) in [6.07, 6.45) is 2.30. The third-order valence-electron chi connectivity index (χ3n) is 7.47. The van der Waals surface area contributed by atoms with E-state index in [4.69, 9.17) is 14.3 Å². The molecule has 5 aromatic rings. The minimum Gasteiger partial charge on any atom is -0.487 e. The molecule has 0 spiro atoms. The molecule has 208 valence electrons. The van der Waals surface area contributed by atoms with Crippen LogP contribution >= 0.6 is 0 Å². The molecular formula is C35H33NO5. The summed E-state index contributed by atoms with van der Waals surface area (Å²) in [4.78, 5) is 23.2. The second kappa shape index (κ2) is 12.6. The number of anilines is 1. The van der Waals surface area contributed by atoms with E-state index in [1.54, 1.807) is 6.07 Å². The number of benzene rings is 4. The first-order valence-electron chi connectivity index (χ1n) is 13.8. The van der Waals surface area contributed by atoms with Crippen molar-refractivity contribution in [3.63, 3.8) is 0 Å². The number of aliphatic carboxylic acids is 1. The van der Waals surface area contributed by atoms with Gasteiger partial charge < -0.3 is 19.6 Å². The summed E-state index contributed by atoms with van der Waals surface area (Å²) in [7, 11) is 0. The summed E-state index contributed by atoms with van der Waals surface area (Å²) in [5.74, 6) is -0.730. The lowest BCUT2D eigenvalue weighted by atomic mass is 9.80. The maximum absolute atomic E-state index is 12.2. The Morgan fingerprint density at radius 2 is 1.61 bits per heavy atom. The largest absolute Gasteiger partial charge is 0.487 e. The number of amides is 1. The van der Waals surface area contributed by atoms with Crippen molar-refractivity contribution in [3.8, 4) is 16.9 Å². The van der Waals surface area contributed by atoms with Crippen LogP contribution < -0.4 is 10.1 Å². The van der Waals surface area contributed by atoms with Gasteiger partial charge in [-0.1, -0.05) is 99.1 Å². The Kier molecular flexibility index (Phi) is 8.49. The first-order chi connectivity index (χ1) is 19.9. The van der Waals surface area contributed by atoms with Gasteiger partial charge in [-0.15, -0.1) is 0 Å². The average Bonchev–Trinajstić information content (AvgIpc) is 3.41. The van der Waals surface area contributed by atoms with Crippen LogP contribution in [0.4, 0.5) is 5.69 Å². The molecule has 0 fully saturated rings. The first kappa shape index (κ1) is 27.7. The van der Waals surface area contributed by atoms with Crippen molar-refractivity contribution >= 4 is 28.5 Å². The lowest BCUT2D eigenvalue weighted by molar-refractivity contribution is -0.139. The fourth-order valence-corrected chi connectivity index (χ4v) is 5.16. The Labute approximate surface area is 239 Å². The van der Waals surface area contributed by atoms with Gasteiger partial charge in [0.2, 0.25) is 5.91 Å². The highest BCUT2D eigenvalue weighted by atomic mass is 16.5. The minimum atomic E-state index is -1.19. The number of hydrogen-bond donors (Lipinski definition) is 2. The van der Waals surface area contributed by atoms with Crippen molar-refractivity contribution in [2.24, 2.45) is 5.92 Å². The van der Waals surface area contributed by atoms with Gasteiger partial charge in [0.1, 0.15) is 24.4 Å². The summed E-state index contributed by atoms with van der Waals surface area (Å²) in [6, 6.07) is 32.0. The lowest BCUT2D eigenvalue weighted by Crippen LogP contribution is -2.16. The van der Waals surface area contributed by atoms with E-state index in [1.807, 2.05) is 66.9 Å². The van der Waals surface area contributed by atoms with Gasteiger partial charge in [0.25, 0.3) is 0 Å². The molecule has 5 rings (SSSR count). The number of hydrogen-bond acceptors (Lipinski definition) is 4. The van der Waals surface area contributed by atoms with E-state index in [0.717, 1.165) is 34.1 Å². The third-order valence-corrected chi connectivity index (χ3v) is 7.47. The maximum atomic E-state index is 12.2. The van der Waals surface area contributed by atoms with Crippen molar-refractivity contribution in [3.05, 3.63) is 120 Å². The van der Waals surface area contributed by atoms with Crippen molar-refractivity contribution in [2.75, 3.05) is 5.32 Å². The summed E-state index contributed by atoms with van der Waals surface area (Å²) in [6.45, 7) is 4.79. The molecule has 4 aromatic carbocycles. The number of furan rings is 1. The van der Waals surface area contributed by atoms with Crippen LogP contribution in [0.5, 0.6) is 5.75 Å². The van der Waals surface area contributed by atoms with Crippen molar-refractivity contribution in [1.82, 2.24) is 0 Å². The van der Waals surface area contributed by atoms with Crippen LogP contribution in [0.3, 0.4) is 0 Å². The van der Waals surface area contributed by atoms with Crippen LogP contribution in [0.15, 0.2) is 108 Å². The number of carboxylic acids is 1. The molecule has 2 atom stereocenters. The van der Waals surface area contributed by atoms with E-state index >= 15 is 0 Å². The van der Waals surface area contributed by atoms with Crippen molar-refractivity contribution < 1.29 is 23.8 Å². The van der Waals surface area contributed by atoms with E-state index < -0.39 is 18.3 Å². The number of para-hydroxylation sites is 1. The van der Waals surface area contributed by atoms with Crippen molar-refractivity contribution in [2.45, 2.75) is 39.2 Å². The minimum absolute atomic E-state index is 0.189. The molecule has 0 aliphatic carbocycles. The van der Waals surface area contributed by atoms with Crippen LogP contribution in [0.1, 0.15) is 49.3 Å². The average molecular weight is 548 g/mol. The van der Waals surface area contributed by atoms with Crippen molar-refractivity contribution in [1.29, 1.82) is 0 Å². The monoisotopic (exact) mass is 547 g/mol. The van der Waals surface area contributed by atoms with Gasteiger partial charge in [-0.3, -0.25) is 9.59 Å². The number of rotatable bonds is 11. The van der Waals surface area contributed by atoms with E-state index in [2.05, 4.69) is 49.5 Å². The predicted molar refractivity (Wildman–Crippen MR) is 161 cm³/mol. The third kappa shape index (κ3) is 6.49. The Bertz CT molecular complexity index is 1640. The number of ether oxygens (including phenoxy) is 1. The highest BCUT2D eigenvalue weighted by Crippen LogP contribution is 2.39. The van der Waals surface area contributed by atoms with Gasteiger partial charge in [-0.25, -0.2) is 0 Å². The molecule has 6 nitrogen and oxygen atoms in total. The molecule has 0 saturated heterocycles. The fraction of sp³-hybridized carbons (Fsp3) is 0.200. The van der Waals surface area contributed by atoms with E-state index in [0.29, 0.717) is 24.0 Å². The van der Waals surface area contributed by atoms with Gasteiger partial charge in [0, 0.05) is 16.9 Å². The Balaban J connectivity index is 1.45. The van der Waals surface area contributed by atoms with Gasteiger partial charge in [-0.2, -0.15) is 0 Å². The molecule has 2 unspecified atom stereocenters. The normalized spacial score (nSPS) is 12.5. The topological polar surface area (TPSA) is 88.8 Å². The lowest BCUT2D eigenvalue weighted by Gasteiger charge is -2.23. The fourth-order valence-electron chi connectivity index (χ4n) is 5.16. The summed E-state index contributed by atoms with van der Waals surface area (Å²) < 4.78 is 12.0. The highest BCUT2D eigenvalue weighted by Gasteiger charge is 2.24. The maximum Gasteiger partial charge on any atom is 0.312 e. The number of nitrogens with one attached hydrogen (secondary N) is 1. The number of fused-ring (bicyclic) bond motifs is 1. The van der Waals surface area contributed by atoms with Gasteiger partial charge in [0.15, 0.2) is 0 Å². The van der Waals surface area contributed by atoms with Crippen LogP contribution in [0.25, 0.3) is 22.1 Å². The summed E-state index contributed by atoms with van der Waals surface area (Å²) >= 11 is 0. The second-order valence-corrected chi connectivity index (χ2v) is 10.3. The molecule has 0 aliphatic rings. The highest BCUT2D eigenvalue weighted by molar-refractivity contribution is 6.02. The van der Waals surface area contributed by atoms with Crippen LogP contribution in [0, 0.1) is 5.92 Å². The predicted octanol–water partition coefficient (Wildman–Crippen LogP) is 8.27. The Morgan fingerprint density at radius 1 is 0.902 bits per heavy atom. The second-order valence-electron chi connectivity index (χ2n) is 10.3. The number of carboxylic acid groups (broad SMARTS) is 1. The van der Waals surface area contributed by atoms with Crippen LogP contribution in [0.2, 0.25) is 0 Å². The van der Waals surface area contributed by atoms with Crippen LogP contribution in [-0.4, -0.2) is 17.0 Å². The molecule has 1 amide bonds. The van der Waals surface area contributed by atoms with E-state index in [9.17, 15) is 9.59 Å². The standard InChI is InChI=1S/C35H33NO5/c1-3-23(2)35(29-22-41-31-12-8-7-11-28(29)31)26-15-13-25(14-16-26)27-17-18-30(36-33(37)20-34(38)39)32(19-27)40-21-24-9-5-4-6-10-24/h4-19,22-23,35H,3,20-21H2,1-2H3,(H,36,37)(H,38,39). The first-order valence-corrected chi connectivity index (χ1v) is 13.8. The zero-order valence-corrected chi connectivity index (χ0v) is 23.2. The van der Waals surface area contributed by atoms with Gasteiger partial charge in [0.05, 0.1) is 12.0 Å². The van der Waals surface area contributed by atoms with E-state index in [-0.39, 0.29) is 5.92 Å². The molecule has 0 aliphatic heterocycles. The molecule has 1 aromatic heterocycles. The summed E-state index contributed by atoms with van der Waals surface area (Å²) in [5, 5.41) is 12.8. The van der Waals surface area contributed by atoms with Gasteiger partial charge >= 0.3 is 5.97 Å². The van der Waals surface area contributed by atoms with Crippen LogP contribution in [-0.2, 0) is 16.2 Å².